The monoisotopic (exact) mass is 571 g/mol. The maximum atomic E-state index is 13.4. The molecule has 1 aromatic heterocycles. The highest BCUT2D eigenvalue weighted by Crippen LogP contribution is 2.36. The van der Waals surface area contributed by atoms with Crippen LogP contribution in [0.15, 0.2) is 9.70 Å². The Bertz CT molecular complexity index is 1150. The minimum Gasteiger partial charge on any atom is -0.355 e. The number of amides is 1. The predicted octanol–water partition coefficient (Wildman–Crippen LogP) is 5.83. The summed E-state index contributed by atoms with van der Waals surface area (Å²) in [6.07, 6.45) is 14.3. The van der Waals surface area contributed by atoms with Gasteiger partial charge < -0.3 is 9.80 Å². The van der Waals surface area contributed by atoms with Crippen LogP contribution in [-0.2, 0) is 11.8 Å². The van der Waals surface area contributed by atoms with E-state index in [1.165, 1.54) is 63.1 Å². The number of anilines is 1. The molecule has 7 nitrogen and oxygen atoms in total. The number of unbranched alkanes of at least 4 members (excludes halogenated alkanes) is 9. The van der Waals surface area contributed by atoms with Gasteiger partial charge in [-0.2, -0.15) is 5.26 Å². The van der Waals surface area contributed by atoms with Crippen LogP contribution in [0, 0.1) is 18.3 Å². The molecule has 39 heavy (non-hydrogen) atoms. The van der Waals surface area contributed by atoms with Gasteiger partial charge in [-0.25, -0.2) is 0 Å². The van der Waals surface area contributed by atoms with E-state index >= 15 is 0 Å². The van der Waals surface area contributed by atoms with Crippen molar-refractivity contribution in [2.75, 3.05) is 44.2 Å². The molecule has 0 aromatic carbocycles. The standard InChI is InChI=1S/C30H45N5O2S2/c1-5-7-8-9-10-11-12-13-14-15-16-35-29(37)26(39-30(35)38)21-24-23(3)25(22-31)28(36)32(4)27(24)34-19-17-33(6-2)18-20-34/h21H,5-20H2,1-4H3. The average molecular weight is 572 g/mol. The fourth-order valence-corrected chi connectivity index (χ4v) is 6.74. The fourth-order valence-electron chi connectivity index (χ4n) is 5.45. The number of pyridine rings is 1. The van der Waals surface area contributed by atoms with E-state index in [-0.39, 0.29) is 17.0 Å². The highest BCUT2D eigenvalue weighted by molar-refractivity contribution is 8.26. The van der Waals surface area contributed by atoms with Crippen LogP contribution in [0.5, 0.6) is 0 Å². The number of nitrogens with zero attached hydrogens (tertiary/aromatic N) is 5. The van der Waals surface area contributed by atoms with Crippen LogP contribution in [0.3, 0.4) is 0 Å². The van der Waals surface area contributed by atoms with E-state index in [0.29, 0.717) is 21.3 Å². The summed E-state index contributed by atoms with van der Waals surface area (Å²) in [5.74, 6) is 0.696. The summed E-state index contributed by atoms with van der Waals surface area (Å²) in [6, 6.07) is 2.09. The van der Waals surface area contributed by atoms with Crippen molar-refractivity contribution in [2.24, 2.45) is 7.05 Å². The van der Waals surface area contributed by atoms with E-state index in [1.54, 1.807) is 16.5 Å². The molecule has 2 aliphatic heterocycles. The summed E-state index contributed by atoms with van der Waals surface area (Å²) in [4.78, 5) is 33.3. The van der Waals surface area contributed by atoms with Crippen molar-refractivity contribution in [1.82, 2.24) is 14.4 Å². The van der Waals surface area contributed by atoms with Crippen LogP contribution in [0.2, 0.25) is 0 Å². The van der Waals surface area contributed by atoms with Gasteiger partial charge in [0, 0.05) is 45.3 Å². The number of carbonyl (C=O) groups is 1. The number of thiocarbonyl (C=S) groups is 1. The van der Waals surface area contributed by atoms with Gasteiger partial charge in [-0.1, -0.05) is 95.6 Å². The molecule has 9 heteroatoms. The van der Waals surface area contributed by atoms with E-state index in [0.717, 1.165) is 56.9 Å². The molecule has 0 unspecified atom stereocenters. The predicted molar refractivity (Wildman–Crippen MR) is 167 cm³/mol. The lowest BCUT2D eigenvalue weighted by atomic mass is 10.0. The van der Waals surface area contributed by atoms with Gasteiger partial charge in [-0.15, -0.1) is 0 Å². The van der Waals surface area contributed by atoms with Crippen LogP contribution < -0.4 is 10.5 Å². The Balaban J connectivity index is 1.70. The Morgan fingerprint density at radius 3 is 2.10 bits per heavy atom. The lowest BCUT2D eigenvalue weighted by Gasteiger charge is -2.37. The van der Waals surface area contributed by atoms with Crippen molar-refractivity contribution in [3.63, 3.8) is 0 Å². The molecule has 0 N–H and O–H groups in total. The molecule has 214 valence electrons. The molecule has 0 spiro atoms. The molecular weight excluding hydrogens is 526 g/mol. The van der Waals surface area contributed by atoms with Crippen molar-refractivity contribution in [3.05, 3.63) is 31.9 Å². The molecule has 2 aliphatic rings. The van der Waals surface area contributed by atoms with Gasteiger partial charge in [-0.05, 0) is 31.5 Å². The molecule has 3 rings (SSSR count). The van der Waals surface area contributed by atoms with Crippen molar-refractivity contribution in [3.8, 4) is 6.07 Å². The first-order chi connectivity index (χ1) is 18.8. The zero-order valence-corrected chi connectivity index (χ0v) is 25.9. The molecule has 1 aromatic rings. The van der Waals surface area contributed by atoms with Gasteiger partial charge in [-0.3, -0.25) is 19.1 Å². The largest absolute Gasteiger partial charge is 0.355 e. The number of hydrogen-bond donors (Lipinski definition) is 0. The molecule has 3 heterocycles. The first kappa shape index (κ1) is 31.4. The van der Waals surface area contributed by atoms with E-state index in [2.05, 4.69) is 29.7 Å². The molecule has 0 aliphatic carbocycles. The molecule has 1 amide bonds. The topological polar surface area (TPSA) is 72.6 Å². The number of aromatic nitrogens is 1. The Kier molecular flexibility index (Phi) is 12.5. The Morgan fingerprint density at radius 1 is 0.949 bits per heavy atom. The zero-order valence-electron chi connectivity index (χ0n) is 24.3. The van der Waals surface area contributed by atoms with Gasteiger partial charge in [0.05, 0.1) is 4.91 Å². The third-order valence-electron chi connectivity index (χ3n) is 7.97. The second-order valence-electron chi connectivity index (χ2n) is 10.6. The smallest absolute Gasteiger partial charge is 0.270 e. The summed E-state index contributed by atoms with van der Waals surface area (Å²) < 4.78 is 2.16. The highest BCUT2D eigenvalue weighted by atomic mass is 32.2. The number of nitriles is 1. The molecule has 2 fully saturated rings. The van der Waals surface area contributed by atoms with Gasteiger partial charge >= 0.3 is 0 Å². The van der Waals surface area contributed by atoms with Crippen LogP contribution in [-0.4, -0.2) is 63.9 Å². The summed E-state index contributed by atoms with van der Waals surface area (Å²) in [5, 5.41) is 9.73. The minimum absolute atomic E-state index is 0.0746. The number of piperazine rings is 1. The first-order valence-electron chi connectivity index (χ1n) is 14.7. The highest BCUT2D eigenvalue weighted by Gasteiger charge is 2.33. The molecular formula is C30H45N5O2S2. The van der Waals surface area contributed by atoms with Crippen molar-refractivity contribution in [2.45, 2.75) is 85.0 Å². The number of thioether (sulfide) groups is 1. The SMILES string of the molecule is CCCCCCCCCCCCN1C(=O)C(=Cc2c(C)c(C#N)c(=O)n(C)c2N2CCN(CC)CC2)SC1=S. The van der Waals surface area contributed by atoms with Crippen molar-refractivity contribution in [1.29, 1.82) is 5.26 Å². The molecule has 0 saturated carbocycles. The van der Waals surface area contributed by atoms with Crippen LogP contribution in [0.1, 0.15) is 94.7 Å². The lowest BCUT2D eigenvalue weighted by Crippen LogP contribution is -2.48. The Hall–Kier alpha value is -2.15. The van der Waals surface area contributed by atoms with Crippen LogP contribution in [0.25, 0.3) is 6.08 Å². The number of rotatable bonds is 14. The molecule has 2 saturated heterocycles. The number of likely N-dealkylation sites (N-methyl/N-ethyl adjacent to an activating group) is 1. The maximum absolute atomic E-state index is 13.4. The minimum atomic E-state index is -0.298. The van der Waals surface area contributed by atoms with E-state index in [4.69, 9.17) is 12.2 Å². The van der Waals surface area contributed by atoms with Crippen LogP contribution >= 0.6 is 24.0 Å². The van der Waals surface area contributed by atoms with Gasteiger partial charge in [0.1, 0.15) is 21.8 Å². The summed E-state index contributed by atoms with van der Waals surface area (Å²) >= 11 is 6.92. The Labute approximate surface area is 244 Å². The van der Waals surface area contributed by atoms with E-state index in [9.17, 15) is 14.9 Å². The second kappa shape index (κ2) is 15.6. The maximum Gasteiger partial charge on any atom is 0.270 e. The number of hydrogen-bond acceptors (Lipinski definition) is 7. The number of carbonyl (C=O) groups excluding carboxylic acids is 1. The third-order valence-corrected chi connectivity index (χ3v) is 9.35. The van der Waals surface area contributed by atoms with E-state index < -0.39 is 0 Å². The quantitative estimate of drug-likeness (QED) is 0.158. The summed E-state index contributed by atoms with van der Waals surface area (Å²) in [5.41, 5.74) is 1.21. The van der Waals surface area contributed by atoms with Gasteiger partial charge in [0.25, 0.3) is 11.5 Å². The van der Waals surface area contributed by atoms with Gasteiger partial charge in [0.2, 0.25) is 0 Å². The second-order valence-corrected chi connectivity index (χ2v) is 12.3. The molecule has 0 radical (unpaired) electrons. The van der Waals surface area contributed by atoms with Crippen LogP contribution in [0.4, 0.5) is 5.82 Å². The average Bonchev–Trinajstić information content (AvgIpc) is 3.20. The lowest BCUT2D eigenvalue weighted by molar-refractivity contribution is -0.122. The normalized spacial score (nSPS) is 17.5. The van der Waals surface area contributed by atoms with E-state index in [1.807, 2.05) is 13.0 Å². The Morgan fingerprint density at radius 2 is 1.54 bits per heavy atom. The third kappa shape index (κ3) is 7.96. The molecule has 0 bridgehead atoms. The fraction of sp³-hybridized carbons (Fsp3) is 0.667. The summed E-state index contributed by atoms with van der Waals surface area (Å²) in [6.45, 7) is 11.2. The van der Waals surface area contributed by atoms with Crippen molar-refractivity contribution < 1.29 is 4.79 Å². The first-order valence-corrected chi connectivity index (χ1v) is 15.9. The van der Waals surface area contributed by atoms with Gasteiger partial charge in [0.15, 0.2) is 0 Å². The molecule has 0 atom stereocenters. The summed E-state index contributed by atoms with van der Waals surface area (Å²) in [7, 11) is 1.72. The zero-order chi connectivity index (χ0) is 28.4. The van der Waals surface area contributed by atoms with Crippen molar-refractivity contribution >= 4 is 46.1 Å².